The van der Waals surface area contributed by atoms with E-state index in [1.54, 1.807) is 38.3 Å². The van der Waals surface area contributed by atoms with Gasteiger partial charge in [-0.15, -0.1) is 0 Å². The average molecular weight is 619 g/mol. The van der Waals surface area contributed by atoms with Crippen LogP contribution in [0, 0.1) is 5.92 Å². The summed E-state index contributed by atoms with van der Waals surface area (Å²) < 4.78 is 15.9. The lowest BCUT2D eigenvalue weighted by Gasteiger charge is -2.24. The van der Waals surface area contributed by atoms with E-state index in [0.29, 0.717) is 5.75 Å². The number of Topliss-reactive ketones (excluding diaryl/α,β-unsaturated/α-hetero) is 2. The summed E-state index contributed by atoms with van der Waals surface area (Å²) in [4.78, 5) is 52.8. The maximum atomic E-state index is 13.8. The summed E-state index contributed by atoms with van der Waals surface area (Å²) >= 11 is 0. The van der Waals surface area contributed by atoms with E-state index in [1.807, 2.05) is 42.5 Å². The fourth-order valence-electron chi connectivity index (χ4n) is 4.73. The van der Waals surface area contributed by atoms with Crippen molar-refractivity contribution in [2.45, 2.75) is 64.8 Å². The molecule has 1 saturated heterocycles. The van der Waals surface area contributed by atoms with Crippen LogP contribution in [0.5, 0.6) is 11.5 Å². The number of epoxide rings is 1. The SMILES string of the molecule is C.COc1ccc(C[C@H](CC(=O)[C@@H](C)NC(=O)OCc2ccccc2)C(=O)N[C@@H](Cc2ccc(O)cc2)C(=O)C2(C)CO2)cc1. The number of carbonyl (C=O) groups is 4. The van der Waals surface area contributed by atoms with E-state index in [1.165, 1.54) is 19.1 Å². The molecule has 3 aromatic rings. The Labute approximate surface area is 264 Å². The molecular weight excluding hydrogens is 576 g/mol. The molecule has 1 heterocycles. The van der Waals surface area contributed by atoms with Crippen molar-refractivity contribution < 1.29 is 38.5 Å². The van der Waals surface area contributed by atoms with Gasteiger partial charge in [0.1, 0.15) is 23.7 Å². The molecule has 3 aromatic carbocycles. The Bertz CT molecular complexity index is 1440. The number of alkyl carbamates (subject to hydrolysis) is 1. The number of phenols is 1. The first-order valence-corrected chi connectivity index (χ1v) is 14.5. The zero-order valence-corrected chi connectivity index (χ0v) is 25.1. The van der Waals surface area contributed by atoms with E-state index in [4.69, 9.17) is 14.2 Å². The Morgan fingerprint density at radius 3 is 2.09 bits per heavy atom. The molecule has 0 bridgehead atoms. The largest absolute Gasteiger partial charge is 0.508 e. The van der Waals surface area contributed by atoms with Crippen molar-refractivity contribution in [3.05, 3.63) is 95.6 Å². The van der Waals surface area contributed by atoms with Gasteiger partial charge < -0.3 is 30.0 Å². The van der Waals surface area contributed by atoms with Gasteiger partial charge in [-0.05, 0) is 67.6 Å². The monoisotopic (exact) mass is 618 g/mol. The van der Waals surface area contributed by atoms with Crippen LogP contribution < -0.4 is 15.4 Å². The molecule has 1 aliphatic rings. The van der Waals surface area contributed by atoms with Gasteiger partial charge >= 0.3 is 6.09 Å². The molecule has 10 heteroatoms. The fraction of sp³-hybridized carbons (Fsp3) is 0.371. The molecule has 1 unspecified atom stereocenters. The molecule has 0 aromatic heterocycles. The normalized spacial score (nSPS) is 17.0. The van der Waals surface area contributed by atoms with E-state index < -0.39 is 35.6 Å². The van der Waals surface area contributed by atoms with Gasteiger partial charge in [0.15, 0.2) is 11.6 Å². The van der Waals surface area contributed by atoms with Crippen LogP contribution in [0.3, 0.4) is 0 Å². The molecule has 0 radical (unpaired) electrons. The number of hydrogen-bond donors (Lipinski definition) is 3. The maximum Gasteiger partial charge on any atom is 0.408 e. The molecule has 240 valence electrons. The highest BCUT2D eigenvalue weighted by Crippen LogP contribution is 2.29. The quantitative estimate of drug-likeness (QED) is 0.211. The predicted molar refractivity (Wildman–Crippen MR) is 169 cm³/mol. The number of phenolic OH excluding ortho intramolecular Hbond substituents is 1. The molecule has 0 saturated carbocycles. The van der Waals surface area contributed by atoms with Crippen LogP contribution in [0.4, 0.5) is 4.79 Å². The third-order valence-electron chi connectivity index (χ3n) is 7.60. The van der Waals surface area contributed by atoms with Crippen LogP contribution in [0.1, 0.15) is 44.4 Å². The second kappa shape index (κ2) is 15.9. The molecule has 4 rings (SSSR count). The summed E-state index contributed by atoms with van der Waals surface area (Å²) in [6.45, 7) is 3.52. The zero-order valence-electron chi connectivity index (χ0n) is 25.1. The lowest BCUT2D eigenvalue weighted by molar-refractivity contribution is -0.134. The molecule has 2 amide bonds. The molecule has 45 heavy (non-hydrogen) atoms. The number of aromatic hydroxyl groups is 1. The van der Waals surface area contributed by atoms with E-state index in [9.17, 15) is 24.3 Å². The number of rotatable bonds is 15. The standard InChI is InChI=1S/C34H38N2O8.CH4/c1-22(35-33(41)43-20-25-7-5-4-6-8-25)30(38)19-26(17-23-11-15-28(42-3)16-12-23)32(40)36-29(31(39)34(2)21-44-34)18-24-9-13-27(37)14-10-24;/h4-16,22,26,29,37H,17-21H2,1-3H3,(H,35,41)(H,36,40);1H4/t22-,26-,29+,34?;/m1./s1. The number of benzene rings is 3. The Morgan fingerprint density at radius 2 is 1.49 bits per heavy atom. The van der Waals surface area contributed by atoms with Crippen LogP contribution in [-0.2, 0) is 43.3 Å². The van der Waals surface area contributed by atoms with Crippen molar-refractivity contribution >= 4 is 23.6 Å². The summed E-state index contributed by atoms with van der Waals surface area (Å²) in [6.07, 6.45) is -0.548. The van der Waals surface area contributed by atoms with Crippen LogP contribution in [0.2, 0.25) is 0 Å². The van der Waals surface area contributed by atoms with Gasteiger partial charge in [0.25, 0.3) is 0 Å². The van der Waals surface area contributed by atoms with Gasteiger partial charge in [-0.25, -0.2) is 4.79 Å². The lowest BCUT2D eigenvalue weighted by Crippen LogP contribution is -2.50. The summed E-state index contributed by atoms with van der Waals surface area (Å²) in [5.74, 6) is -1.23. The fourth-order valence-corrected chi connectivity index (χ4v) is 4.73. The van der Waals surface area contributed by atoms with Gasteiger partial charge in [0, 0.05) is 12.3 Å². The minimum absolute atomic E-state index is 0. The molecule has 4 atom stereocenters. The minimum atomic E-state index is -0.991. The summed E-state index contributed by atoms with van der Waals surface area (Å²) in [6, 6.07) is 20.9. The van der Waals surface area contributed by atoms with E-state index in [2.05, 4.69) is 10.6 Å². The smallest absolute Gasteiger partial charge is 0.408 e. The lowest BCUT2D eigenvalue weighted by atomic mass is 9.89. The van der Waals surface area contributed by atoms with E-state index in [-0.39, 0.29) is 57.2 Å². The molecule has 0 aliphatic carbocycles. The summed E-state index contributed by atoms with van der Waals surface area (Å²) in [7, 11) is 1.55. The first-order chi connectivity index (χ1) is 21.1. The van der Waals surface area contributed by atoms with Crippen LogP contribution in [0.25, 0.3) is 0 Å². The number of nitrogens with one attached hydrogen (secondary N) is 2. The van der Waals surface area contributed by atoms with Crippen LogP contribution >= 0.6 is 0 Å². The van der Waals surface area contributed by atoms with Gasteiger partial charge in [-0.2, -0.15) is 0 Å². The second-order valence-electron chi connectivity index (χ2n) is 11.2. The Balaban J connectivity index is 0.00000552. The Hall–Kier alpha value is -4.70. The van der Waals surface area contributed by atoms with Crippen molar-refractivity contribution in [1.82, 2.24) is 10.6 Å². The Kier molecular flexibility index (Phi) is 12.3. The maximum absolute atomic E-state index is 13.8. The van der Waals surface area contributed by atoms with Crippen molar-refractivity contribution in [1.29, 1.82) is 0 Å². The average Bonchev–Trinajstić information content (AvgIpc) is 3.79. The molecule has 0 spiro atoms. The van der Waals surface area contributed by atoms with E-state index in [0.717, 1.165) is 16.7 Å². The van der Waals surface area contributed by atoms with Gasteiger partial charge in [0.2, 0.25) is 5.91 Å². The first kappa shape index (κ1) is 34.8. The van der Waals surface area contributed by atoms with Gasteiger partial charge in [0.05, 0.1) is 25.8 Å². The number of methoxy groups -OCH3 is 1. The highest BCUT2D eigenvalue weighted by Gasteiger charge is 2.50. The summed E-state index contributed by atoms with van der Waals surface area (Å²) in [5, 5.41) is 15.1. The van der Waals surface area contributed by atoms with E-state index >= 15 is 0 Å². The number of carbonyl (C=O) groups excluding carboxylic acids is 4. The minimum Gasteiger partial charge on any atom is -0.508 e. The number of ketones is 2. The number of ether oxygens (including phenoxy) is 3. The summed E-state index contributed by atoms with van der Waals surface area (Å²) in [5.41, 5.74) is 1.34. The molecular formula is C35H42N2O8. The highest BCUT2D eigenvalue weighted by atomic mass is 16.6. The third-order valence-corrected chi connectivity index (χ3v) is 7.60. The topological polar surface area (TPSA) is 144 Å². The second-order valence-corrected chi connectivity index (χ2v) is 11.2. The predicted octanol–water partition coefficient (Wildman–Crippen LogP) is 4.56. The first-order valence-electron chi connectivity index (χ1n) is 14.5. The number of hydrogen-bond acceptors (Lipinski definition) is 8. The van der Waals surface area contributed by atoms with Gasteiger partial charge in [-0.1, -0.05) is 62.0 Å². The zero-order chi connectivity index (χ0) is 31.7. The van der Waals surface area contributed by atoms with Crippen molar-refractivity contribution in [2.24, 2.45) is 5.92 Å². The van der Waals surface area contributed by atoms with Crippen molar-refractivity contribution in [2.75, 3.05) is 13.7 Å². The number of amides is 2. The van der Waals surface area contributed by atoms with Crippen LogP contribution in [-0.4, -0.2) is 60.1 Å². The van der Waals surface area contributed by atoms with Crippen molar-refractivity contribution in [3.8, 4) is 11.5 Å². The Morgan fingerprint density at radius 1 is 0.889 bits per heavy atom. The molecule has 1 fully saturated rings. The molecule has 10 nitrogen and oxygen atoms in total. The molecule has 3 N–H and O–H groups in total. The third kappa shape index (κ3) is 10.2. The van der Waals surface area contributed by atoms with Crippen molar-refractivity contribution in [3.63, 3.8) is 0 Å². The van der Waals surface area contributed by atoms with Gasteiger partial charge in [-0.3, -0.25) is 14.4 Å². The van der Waals surface area contributed by atoms with Crippen LogP contribution in [0.15, 0.2) is 78.9 Å². The molecule has 1 aliphatic heterocycles. The highest BCUT2D eigenvalue weighted by molar-refractivity contribution is 5.98.